The molecular formula is C2H4AlF3. The van der Waals surface area contributed by atoms with Gasteiger partial charge in [0.05, 0.1) is 5.03 Å². The average molecular weight is 112 g/mol. The van der Waals surface area contributed by atoms with Crippen molar-refractivity contribution in [1.29, 1.82) is 0 Å². The molecule has 0 radical (unpaired) electrons. The van der Waals surface area contributed by atoms with Crippen LogP contribution < -0.4 is 0 Å². The second kappa shape index (κ2) is 2.49. The molecule has 6 heavy (non-hydrogen) atoms. The molecule has 0 amide bonds. The molecule has 0 bridgehead atoms. The third-order valence-corrected chi connectivity index (χ3v) is 0.851. The first-order valence-electron chi connectivity index (χ1n) is 1.57. The third-order valence-electron chi connectivity index (χ3n) is 0.347. The first kappa shape index (κ1) is 6.32. The van der Waals surface area contributed by atoms with Crippen LogP contribution in [0.25, 0.3) is 0 Å². The van der Waals surface area contributed by atoms with Gasteiger partial charge in [-0.1, -0.05) is 0 Å². The maximum absolute atomic E-state index is 11.1. The van der Waals surface area contributed by atoms with Crippen LogP contribution in [0.5, 0.6) is 0 Å². The molecule has 0 aliphatic heterocycles. The van der Waals surface area contributed by atoms with Crippen molar-refractivity contribution in [3.8, 4) is 0 Å². The van der Waals surface area contributed by atoms with Crippen LogP contribution in [0, 0.1) is 0 Å². The zero-order valence-electron chi connectivity index (χ0n) is 3.29. The maximum atomic E-state index is 11.1. The van der Waals surface area contributed by atoms with Crippen molar-refractivity contribution in [2.75, 3.05) is 0 Å². The molecule has 0 aliphatic carbocycles. The van der Waals surface area contributed by atoms with E-state index in [4.69, 9.17) is 0 Å². The Labute approximate surface area is 41.8 Å². The van der Waals surface area contributed by atoms with Gasteiger partial charge >= 0.3 is 0 Å². The van der Waals surface area contributed by atoms with Crippen LogP contribution >= 0.6 is 0 Å². The van der Waals surface area contributed by atoms with Crippen molar-refractivity contribution in [1.82, 2.24) is 0 Å². The van der Waals surface area contributed by atoms with Crippen molar-refractivity contribution in [2.45, 2.75) is 11.5 Å². The Hall–Kier alpha value is 0.322. The minimum atomic E-state index is -2.75. The summed E-state index contributed by atoms with van der Waals surface area (Å²) in [6.07, 6.45) is -2.75. The summed E-state index contributed by atoms with van der Waals surface area (Å²) in [6.45, 7) is 0. The summed E-state index contributed by atoms with van der Waals surface area (Å²) in [5.41, 5.74) is 0. The molecule has 0 aromatic rings. The SMILES string of the molecule is FC(F)[CH](F)[AlH2]. The van der Waals surface area contributed by atoms with Gasteiger partial charge in [-0.2, -0.15) is 0 Å². The van der Waals surface area contributed by atoms with Crippen LogP contribution in [0.15, 0.2) is 0 Å². The third kappa shape index (κ3) is 2.55. The van der Waals surface area contributed by atoms with Gasteiger partial charge in [-0.3, -0.25) is 4.39 Å². The van der Waals surface area contributed by atoms with Crippen molar-refractivity contribution < 1.29 is 13.2 Å². The molecule has 0 aromatic carbocycles. The van der Waals surface area contributed by atoms with E-state index in [2.05, 4.69) is 0 Å². The van der Waals surface area contributed by atoms with Gasteiger partial charge in [0.1, 0.15) is 0 Å². The Kier molecular flexibility index (Phi) is 2.62. The Morgan fingerprint density at radius 1 is 1.17 bits per heavy atom. The first-order valence-corrected chi connectivity index (χ1v) is 2.72. The minimum Gasteiger partial charge on any atom is -0.260 e. The first-order chi connectivity index (χ1) is 2.64. The van der Waals surface area contributed by atoms with Crippen molar-refractivity contribution >= 4 is 16.3 Å². The molecule has 0 rings (SSSR count). The summed E-state index contributed by atoms with van der Waals surface area (Å²) in [5.74, 6) is 0. The Morgan fingerprint density at radius 3 is 1.33 bits per heavy atom. The Balaban J connectivity index is 2.99. The molecule has 0 saturated heterocycles. The highest BCUT2D eigenvalue weighted by Crippen LogP contribution is 1.98. The van der Waals surface area contributed by atoms with Crippen molar-refractivity contribution in [2.24, 2.45) is 0 Å². The minimum absolute atomic E-state index is 0.0633. The molecule has 36 valence electrons. The molecule has 0 fully saturated rings. The molecule has 0 saturated carbocycles. The lowest BCUT2D eigenvalue weighted by molar-refractivity contribution is 0.0913. The molecule has 0 spiro atoms. The van der Waals surface area contributed by atoms with Crippen molar-refractivity contribution in [3.05, 3.63) is 0 Å². The Morgan fingerprint density at radius 2 is 1.33 bits per heavy atom. The maximum Gasteiger partial charge on any atom is 0.277 e. The molecule has 1 atom stereocenters. The second-order valence-electron chi connectivity index (χ2n) is 1.01. The van der Waals surface area contributed by atoms with E-state index < -0.39 is 11.5 Å². The fourth-order valence-electron chi connectivity index (χ4n) is 0. The number of alkyl halides is 3. The summed E-state index contributed by atoms with van der Waals surface area (Å²) in [5, 5.41) is -1.84. The molecule has 1 unspecified atom stereocenters. The number of hydrogen-bond acceptors (Lipinski definition) is 0. The highest BCUT2D eigenvalue weighted by atomic mass is 27.0. The predicted molar refractivity (Wildman–Crippen MR) is 19.4 cm³/mol. The number of halogens is 3. The van der Waals surface area contributed by atoms with Gasteiger partial charge < -0.3 is 0 Å². The molecular weight excluding hydrogens is 108 g/mol. The van der Waals surface area contributed by atoms with E-state index in [1.54, 1.807) is 0 Å². The molecule has 4 heteroatoms. The quantitative estimate of drug-likeness (QED) is 0.424. The van der Waals surface area contributed by atoms with Crippen LogP contribution in [0.3, 0.4) is 0 Å². The van der Waals surface area contributed by atoms with Gasteiger partial charge in [0, 0.05) is 0 Å². The van der Waals surface area contributed by atoms with E-state index in [1.807, 2.05) is 0 Å². The number of rotatable bonds is 1. The van der Waals surface area contributed by atoms with Crippen molar-refractivity contribution in [3.63, 3.8) is 0 Å². The van der Waals surface area contributed by atoms with E-state index in [0.717, 1.165) is 0 Å². The second-order valence-corrected chi connectivity index (χ2v) is 2.12. The lowest BCUT2D eigenvalue weighted by Crippen LogP contribution is -2.10. The zero-order chi connectivity index (χ0) is 5.15. The summed E-state index contributed by atoms with van der Waals surface area (Å²) in [6, 6.07) is 0. The van der Waals surface area contributed by atoms with E-state index in [9.17, 15) is 13.2 Å². The molecule has 0 aliphatic rings. The van der Waals surface area contributed by atoms with E-state index >= 15 is 0 Å². The van der Waals surface area contributed by atoms with Gasteiger partial charge in [-0.05, 0) is 0 Å². The topological polar surface area (TPSA) is 0 Å². The van der Waals surface area contributed by atoms with Crippen LogP contribution in [-0.4, -0.2) is 27.7 Å². The normalized spacial score (nSPS) is 15.3. The molecule has 0 nitrogen and oxygen atoms in total. The standard InChI is InChI=1S/C2H2F3.Al.2H/c3-1-2(4)5;;;/h1-2H;;;. The van der Waals surface area contributed by atoms with Crippen LogP contribution in [0.1, 0.15) is 0 Å². The molecule has 0 aromatic heterocycles. The predicted octanol–water partition coefficient (Wildman–Crippen LogP) is 0.180. The monoisotopic (exact) mass is 112 g/mol. The molecule has 0 heterocycles. The zero-order valence-corrected chi connectivity index (χ0v) is 5.29. The summed E-state index contributed by atoms with van der Waals surface area (Å²) >= 11 is -0.0633. The smallest absolute Gasteiger partial charge is 0.260 e. The van der Waals surface area contributed by atoms with Gasteiger partial charge in [0.15, 0.2) is 0 Å². The van der Waals surface area contributed by atoms with Gasteiger partial charge in [-0.15, -0.1) is 0 Å². The highest BCUT2D eigenvalue weighted by Gasteiger charge is 2.10. The summed E-state index contributed by atoms with van der Waals surface area (Å²) in [4.78, 5) is 0. The van der Waals surface area contributed by atoms with Crippen LogP contribution in [-0.2, 0) is 0 Å². The van der Waals surface area contributed by atoms with E-state index in [0.29, 0.717) is 0 Å². The largest absolute Gasteiger partial charge is 0.277 e. The number of hydrogen-bond donors (Lipinski definition) is 0. The van der Waals surface area contributed by atoms with E-state index in [1.165, 1.54) is 0 Å². The summed E-state index contributed by atoms with van der Waals surface area (Å²) in [7, 11) is 0. The average Bonchev–Trinajstić information content (AvgIpc) is 1.36. The Bertz CT molecular complexity index is 29.8. The fourth-order valence-corrected chi connectivity index (χ4v) is 0. The summed E-state index contributed by atoms with van der Waals surface area (Å²) < 4.78 is 32.8. The van der Waals surface area contributed by atoms with E-state index in [-0.39, 0.29) is 16.3 Å². The van der Waals surface area contributed by atoms with Crippen LogP contribution in [0.2, 0.25) is 0 Å². The lowest BCUT2D eigenvalue weighted by atomic mass is 10.8. The van der Waals surface area contributed by atoms with Crippen LogP contribution in [0.4, 0.5) is 13.2 Å². The van der Waals surface area contributed by atoms with Gasteiger partial charge in [-0.25, -0.2) is 8.78 Å². The van der Waals surface area contributed by atoms with Gasteiger partial charge in [0.25, 0.3) is 22.7 Å². The molecule has 0 N–H and O–H groups in total. The fraction of sp³-hybridized carbons (Fsp3) is 1.00. The highest BCUT2D eigenvalue weighted by molar-refractivity contribution is 6.11. The van der Waals surface area contributed by atoms with Gasteiger partial charge in [0.2, 0.25) is 0 Å². The lowest BCUT2D eigenvalue weighted by Gasteiger charge is -1.93.